The Morgan fingerprint density at radius 3 is 2.65 bits per heavy atom. The molecule has 5 nitrogen and oxygen atoms in total. The molecule has 88 valence electrons. The van der Waals surface area contributed by atoms with Gasteiger partial charge >= 0.3 is 5.97 Å². The van der Waals surface area contributed by atoms with E-state index in [2.05, 4.69) is 10.3 Å². The first-order valence-electron chi connectivity index (χ1n) is 4.93. The van der Waals surface area contributed by atoms with Crippen LogP contribution in [0, 0.1) is 19.7 Å². The zero-order valence-corrected chi connectivity index (χ0v) is 9.31. The van der Waals surface area contributed by atoms with Gasteiger partial charge in [0.15, 0.2) is 5.69 Å². The van der Waals surface area contributed by atoms with Gasteiger partial charge in [0.1, 0.15) is 5.82 Å². The largest absolute Gasteiger partial charge is 0.476 e. The molecule has 0 aliphatic heterocycles. The topological polar surface area (TPSA) is 68.0 Å². The van der Waals surface area contributed by atoms with Crippen LogP contribution in [0.1, 0.15) is 21.7 Å². The van der Waals surface area contributed by atoms with Gasteiger partial charge in [-0.25, -0.2) is 13.9 Å². The molecule has 0 atom stereocenters. The van der Waals surface area contributed by atoms with E-state index in [9.17, 15) is 9.18 Å². The zero-order chi connectivity index (χ0) is 12.6. The Balaban J connectivity index is 2.53. The zero-order valence-electron chi connectivity index (χ0n) is 9.31. The summed E-state index contributed by atoms with van der Waals surface area (Å²) in [5, 5.41) is 16.2. The molecule has 0 saturated carbocycles. The summed E-state index contributed by atoms with van der Waals surface area (Å²) in [5.74, 6) is -1.45. The summed E-state index contributed by atoms with van der Waals surface area (Å²) in [6.45, 7) is 3.23. The fourth-order valence-corrected chi connectivity index (χ4v) is 1.53. The lowest BCUT2D eigenvalue weighted by molar-refractivity contribution is 0.0689. The molecule has 2 aromatic rings. The van der Waals surface area contributed by atoms with Gasteiger partial charge in [-0.1, -0.05) is 5.21 Å². The van der Waals surface area contributed by atoms with E-state index in [0.29, 0.717) is 16.9 Å². The lowest BCUT2D eigenvalue weighted by Crippen LogP contribution is -2.03. The monoisotopic (exact) mass is 235 g/mol. The molecular formula is C11H10FN3O2. The van der Waals surface area contributed by atoms with Crippen molar-refractivity contribution in [2.45, 2.75) is 13.8 Å². The van der Waals surface area contributed by atoms with Crippen molar-refractivity contribution in [3.05, 3.63) is 41.0 Å². The molecule has 1 N–H and O–H groups in total. The maximum Gasteiger partial charge on any atom is 0.358 e. The van der Waals surface area contributed by atoms with E-state index in [4.69, 9.17) is 5.11 Å². The second kappa shape index (κ2) is 3.97. The highest BCUT2D eigenvalue weighted by Gasteiger charge is 2.16. The number of carboxylic acids is 1. The van der Waals surface area contributed by atoms with Gasteiger partial charge in [-0.15, -0.1) is 5.10 Å². The summed E-state index contributed by atoms with van der Waals surface area (Å²) in [4.78, 5) is 10.8. The van der Waals surface area contributed by atoms with Crippen LogP contribution in [-0.2, 0) is 0 Å². The lowest BCUT2D eigenvalue weighted by atomic mass is 10.2. The average molecular weight is 235 g/mol. The molecule has 0 amide bonds. The van der Waals surface area contributed by atoms with E-state index in [-0.39, 0.29) is 11.5 Å². The highest BCUT2D eigenvalue weighted by Crippen LogP contribution is 2.15. The normalized spacial score (nSPS) is 10.5. The molecule has 0 aliphatic rings. The van der Waals surface area contributed by atoms with Crippen LogP contribution < -0.4 is 0 Å². The Morgan fingerprint density at radius 2 is 2.12 bits per heavy atom. The number of aromatic nitrogens is 3. The summed E-state index contributed by atoms with van der Waals surface area (Å²) in [6.07, 6.45) is 0. The fraction of sp³-hybridized carbons (Fsp3) is 0.182. The van der Waals surface area contributed by atoms with Crippen LogP contribution in [0.4, 0.5) is 4.39 Å². The minimum atomic E-state index is -1.13. The smallest absolute Gasteiger partial charge is 0.358 e. The van der Waals surface area contributed by atoms with E-state index >= 15 is 0 Å². The number of aryl methyl sites for hydroxylation is 1. The van der Waals surface area contributed by atoms with Crippen molar-refractivity contribution in [3.63, 3.8) is 0 Å². The Hall–Kier alpha value is -2.24. The second-order valence-corrected chi connectivity index (χ2v) is 3.67. The highest BCUT2D eigenvalue weighted by atomic mass is 19.1. The number of hydrogen-bond donors (Lipinski definition) is 1. The summed E-state index contributed by atoms with van der Waals surface area (Å²) in [7, 11) is 0. The van der Waals surface area contributed by atoms with Crippen molar-refractivity contribution in [2.75, 3.05) is 0 Å². The first kappa shape index (κ1) is 11.3. The molecule has 0 fully saturated rings. The van der Waals surface area contributed by atoms with Crippen molar-refractivity contribution < 1.29 is 14.3 Å². The van der Waals surface area contributed by atoms with Gasteiger partial charge in [0.2, 0.25) is 0 Å². The Labute approximate surface area is 96.5 Å². The molecule has 0 radical (unpaired) electrons. The minimum absolute atomic E-state index is 0.105. The summed E-state index contributed by atoms with van der Waals surface area (Å²) in [5.41, 5.74) is 1.35. The molecule has 0 aliphatic carbocycles. The highest BCUT2D eigenvalue weighted by molar-refractivity contribution is 5.86. The number of hydrogen-bond acceptors (Lipinski definition) is 3. The van der Waals surface area contributed by atoms with E-state index in [1.165, 1.54) is 16.8 Å². The standard InChI is InChI=1S/C11H10FN3O2/c1-6-5-8(3-4-9(6)12)15-7(2)10(11(16)17)13-14-15/h3-5H,1-2H3,(H,16,17). The maximum absolute atomic E-state index is 13.1. The molecule has 1 aromatic carbocycles. The van der Waals surface area contributed by atoms with Crippen LogP contribution in [-0.4, -0.2) is 26.1 Å². The predicted octanol–water partition coefficient (Wildman–Crippen LogP) is 1.72. The van der Waals surface area contributed by atoms with Crippen LogP contribution in [0.3, 0.4) is 0 Å². The van der Waals surface area contributed by atoms with Gasteiger partial charge < -0.3 is 5.11 Å². The van der Waals surface area contributed by atoms with Crippen LogP contribution in [0.2, 0.25) is 0 Å². The van der Waals surface area contributed by atoms with E-state index < -0.39 is 5.97 Å². The Kier molecular flexibility index (Phi) is 2.63. The molecular weight excluding hydrogens is 225 g/mol. The number of nitrogens with zero attached hydrogens (tertiary/aromatic N) is 3. The Morgan fingerprint density at radius 1 is 1.41 bits per heavy atom. The number of carbonyl (C=O) groups is 1. The summed E-state index contributed by atoms with van der Waals surface area (Å²) in [6, 6.07) is 4.42. The summed E-state index contributed by atoms with van der Waals surface area (Å²) < 4.78 is 14.5. The number of halogens is 1. The first-order chi connectivity index (χ1) is 8.00. The van der Waals surface area contributed by atoms with Crippen LogP contribution in [0.25, 0.3) is 5.69 Å². The predicted molar refractivity (Wildman–Crippen MR) is 57.8 cm³/mol. The molecule has 0 unspecified atom stereocenters. The van der Waals surface area contributed by atoms with Gasteiger partial charge in [0.05, 0.1) is 11.4 Å². The molecule has 17 heavy (non-hydrogen) atoms. The van der Waals surface area contributed by atoms with Gasteiger partial charge in [-0.2, -0.15) is 0 Å². The Bertz CT molecular complexity index is 592. The number of rotatable bonds is 2. The van der Waals surface area contributed by atoms with Gasteiger partial charge in [0.25, 0.3) is 0 Å². The average Bonchev–Trinajstić information content (AvgIpc) is 2.64. The SMILES string of the molecule is Cc1cc(-n2nnc(C(=O)O)c2C)ccc1F. The maximum atomic E-state index is 13.1. The van der Waals surface area contributed by atoms with Crippen molar-refractivity contribution in [3.8, 4) is 5.69 Å². The third-order valence-electron chi connectivity index (χ3n) is 2.48. The molecule has 1 aromatic heterocycles. The minimum Gasteiger partial charge on any atom is -0.476 e. The number of carboxylic acid groups (broad SMARTS) is 1. The number of benzene rings is 1. The van der Waals surface area contributed by atoms with E-state index in [1.807, 2.05) is 0 Å². The van der Waals surface area contributed by atoms with Gasteiger partial charge in [-0.3, -0.25) is 0 Å². The molecule has 0 bridgehead atoms. The first-order valence-corrected chi connectivity index (χ1v) is 4.93. The van der Waals surface area contributed by atoms with E-state index in [0.717, 1.165) is 0 Å². The van der Waals surface area contributed by atoms with Crippen LogP contribution >= 0.6 is 0 Å². The summed E-state index contributed by atoms with van der Waals surface area (Å²) >= 11 is 0. The third kappa shape index (κ3) is 1.89. The quantitative estimate of drug-likeness (QED) is 0.860. The van der Waals surface area contributed by atoms with Crippen molar-refractivity contribution in [2.24, 2.45) is 0 Å². The van der Waals surface area contributed by atoms with Crippen LogP contribution in [0.15, 0.2) is 18.2 Å². The van der Waals surface area contributed by atoms with Crippen molar-refractivity contribution in [1.29, 1.82) is 0 Å². The van der Waals surface area contributed by atoms with Crippen molar-refractivity contribution in [1.82, 2.24) is 15.0 Å². The number of aromatic carboxylic acids is 1. The second-order valence-electron chi connectivity index (χ2n) is 3.67. The van der Waals surface area contributed by atoms with Gasteiger partial charge in [0, 0.05) is 0 Å². The van der Waals surface area contributed by atoms with Crippen molar-refractivity contribution >= 4 is 5.97 Å². The molecule has 0 saturated heterocycles. The molecule has 2 rings (SSSR count). The van der Waals surface area contributed by atoms with Crippen LogP contribution in [0.5, 0.6) is 0 Å². The molecule has 0 spiro atoms. The molecule has 1 heterocycles. The van der Waals surface area contributed by atoms with Gasteiger partial charge in [-0.05, 0) is 37.6 Å². The fourth-order valence-electron chi connectivity index (χ4n) is 1.53. The lowest BCUT2D eigenvalue weighted by Gasteiger charge is -2.04. The van der Waals surface area contributed by atoms with E-state index in [1.54, 1.807) is 19.9 Å². The third-order valence-corrected chi connectivity index (χ3v) is 2.48. The molecule has 6 heteroatoms.